The highest BCUT2D eigenvalue weighted by Crippen LogP contribution is 2.38. The predicted molar refractivity (Wildman–Crippen MR) is 51.1 cm³/mol. The molecule has 12 heavy (non-hydrogen) atoms. The zero-order valence-corrected chi connectivity index (χ0v) is 9.81. The summed E-state index contributed by atoms with van der Waals surface area (Å²) in [5, 5.41) is -1.53. The maximum atomic E-state index is 10.5. The lowest BCUT2D eigenvalue weighted by Gasteiger charge is -2.22. The van der Waals surface area contributed by atoms with Crippen molar-refractivity contribution < 1.29 is 13.0 Å². The van der Waals surface area contributed by atoms with Crippen molar-refractivity contribution in [1.82, 2.24) is 0 Å². The summed E-state index contributed by atoms with van der Waals surface area (Å²) in [5.74, 6) is 0. The van der Waals surface area contributed by atoms with E-state index in [1.807, 2.05) is 0 Å². The fraction of sp³-hybridized carbons (Fsp3) is 1.00. The number of rotatable bonds is 3. The van der Waals surface area contributed by atoms with Crippen LogP contribution in [0, 0.1) is 0 Å². The average molecular weight is 296 g/mol. The Morgan fingerprint density at radius 2 is 1.50 bits per heavy atom. The van der Waals surface area contributed by atoms with E-state index in [1.54, 1.807) is 0 Å². The summed E-state index contributed by atoms with van der Waals surface area (Å²) in [7, 11) is -4.72. The van der Waals surface area contributed by atoms with Crippen LogP contribution in [0.5, 0.6) is 0 Å². The molecule has 0 heterocycles. The van der Waals surface area contributed by atoms with Gasteiger partial charge in [0.05, 0.1) is 0 Å². The third-order valence-corrected chi connectivity index (χ3v) is 5.16. The third-order valence-electron chi connectivity index (χ3n) is 0.886. The highest BCUT2D eigenvalue weighted by molar-refractivity contribution is 7.90. The number of alkyl halides is 5. The fourth-order valence-corrected chi connectivity index (χ4v) is 2.08. The molecule has 0 radical (unpaired) electrons. The Kier molecular flexibility index (Phi) is 4.74. The van der Waals surface area contributed by atoms with Crippen LogP contribution in [0.2, 0.25) is 0 Å². The zero-order valence-electron chi connectivity index (χ0n) is 5.22. The van der Waals surface area contributed by atoms with Crippen molar-refractivity contribution in [1.29, 1.82) is 0 Å². The molecule has 1 atom stereocenters. The van der Waals surface area contributed by atoms with Crippen molar-refractivity contribution in [2.45, 2.75) is 13.9 Å². The topological polar surface area (TPSA) is 54.4 Å². The second-order valence-corrected chi connectivity index (χ2v) is 6.84. The highest BCUT2D eigenvalue weighted by Gasteiger charge is 2.48. The maximum Gasteiger partial charge on any atom is 0.300 e. The van der Waals surface area contributed by atoms with Gasteiger partial charge in [0.2, 0.25) is 0 Å². The highest BCUT2D eigenvalue weighted by atomic mass is 35.5. The minimum atomic E-state index is -4.72. The van der Waals surface area contributed by atoms with Crippen LogP contribution in [0.4, 0.5) is 0 Å². The average Bonchev–Trinajstić information content (AvgIpc) is 1.83. The van der Waals surface area contributed by atoms with Crippen LogP contribution in [0.3, 0.4) is 0 Å². The zero-order chi connectivity index (χ0) is 10.2. The van der Waals surface area contributed by atoms with Gasteiger partial charge in [-0.3, -0.25) is 4.55 Å². The van der Waals surface area contributed by atoms with Gasteiger partial charge in [0.15, 0.2) is 0 Å². The molecule has 0 saturated heterocycles. The van der Waals surface area contributed by atoms with Crippen molar-refractivity contribution >= 4 is 68.1 Å². The molecule has 9 heteroatoms. The molecule has 0 aliphatic carbocycles. The van der Waals surface area contributed by atoms with Crippen molar-refractivity contribution in [2.24, 2.45) is 0 Å². The molecule has 0 rings (SSSR count). The summed E-state index contributed by atoms with van der Waals surface area (Å²) in [6, 6.07) is 0. The van der Waals surface area contributed by atoms with E-state index in [4.69, 9.17) is 62.6 Å². The minimum absolute atomic E-state index is 1.32. The van der Waals surface area contributed by atoms with Gasteiger partial charge in [-0.1, -0.05) is 23.2 Å². The van der Waals surface area contributed by atoms with Crippen LogP contribution in [-0.2, 0) is 10.1 Å². The van der Waals surface area contributed by atoms with Crippen molar-refractivity contribution in [3.8, 4) is 0 Å². The van der Waals surface area contributed by atoms with Gasteiger partial charge in [-0.25, -0.2) is 0 Å². The maximum absolute atomic E-state index is 10.5. The largest absolute Gasteiger partial charge is 0.300 e. The molecule has 0 aliphatic heterocycles. The van der Waals surface area contributed by atoms with Crippen molar-refractivity contribution in [3.05, 3.63) is 0 Å². The normalized spacial score (nSPS) is 16.6. The lowest BCUT2D eigenvalue weighted by atomic mass is 10.5. The molecule has 0 fully saturated rings. The smallest absolute Gasteiger partial charge is 0.283 e. The number of halogens is 5. The Bertz CT molecular complexity index is 247. The van der Waals surface area contributed by atoms with Crippen LogP contribution < -0.4 is 0 Å². The molecule has 0 saturated carbocycles. The first-order chi connectivity index (χ1) is 5.10. The monoisotopic (exact) mass is 294 g/mol. The van der Waals surface area contributed by atoms with E-state index in [0.717, 1.165) is 0 Å². The van der Waals surface area contributed by atoms with Gasteiger partial charge in [-0.2, -0.15) is 8.42 Å². The molecule has 0 aromatic rings. The quantitative estimate of drug-likeness (QED) is 0.643. The van der Waals surface area contributed by atoms with Crippen LogP contribution in [0.1, 0.15) is 0 Å². The molecular weight excluding hydrogens is 293 g/mol. The summed E-state index contributed by atoms with van der Waals surface area (Å²) >= 11 is 26.1. The number of hydrogen-bond donors (Lipinski definition) is 1. The molecule has 0 spiro atoms. The van der Waals surface area contributed by atoms with E-state index in [2.05, 4.69) is 0 Å². The first-order valence-corrected chi connectivity index (χ1v) is 5.88. The summed E-state index contributed by atoms with van der Waals surface area (Å²) in [6.07, 6.45) is 0. The lowest BCUT2D eigenvalue weighted by molar-refractivity contribution is 0.473. The SMILES string of the molecule is O=S(=O)(O)C(Cl)(Cl)C(Cl)C(Cl)Cl. The Morgan fingerprint density at radius 3 is 1.58 bits per heavy atom. The Hall–Kier alpha value is 1.36. The van der Waals surface area contributed by atoms with Crippen LogP contribution >= 0.6 is 58.0 Å². The van der Waals surface area contributed by atoms with Crippen molar-refractivity contribution in [3.63, 3.8) is 0 Å². The Balaban J connectivity index is 4.87. The van der Waals surface area contributed by atoms with Gasteiger partial charge in [0.25, 0.3) is 3.67 Å². The van der Waals surface area contributed by atoms with E-state index < -0.39 is 24.0 Å². The van der Waals surface area contributed by atoms with Gasteiger partial charge in [-0.05, 0) is 0 Å². The molecule has 74 valence electrons. The second-order valence-electron chi connectivity index (χ2n) is 1.77. The first kappa shape index (κ1) is 13.4. The molecule has 0 aliphatic rings. The molecule has 1 unspecified atom stereocenters. The van der Waals surface area contributed by atoms with Gasteiger partial charge in [0, 0.05) is 0 Å². The van der Waals surface area contributed by atoms with Crippen LogP contribution in [0.25, 0.3) is 0 Å². The molecule has 0 bridgehead atoms. The van der Waals surface area contributed by atoms with E-state index >= 15 is 0 Å². The minimum Gasteiger partial charge on any atom is -0.283 e. The van der Waals surface area contributed by atoms with E-state index in [-0.39, 0.29) is 0 Å². The van der Waals surface area contributed by atoms with Gasteiger partial charge < -0.3 is 0 Å². The fourth-order valence-electron chi connectivity index (χ4n) is 0.289. The van der Waals surface area contributed by atoms with Gasteiger partial charge in [0.1, 0.15) is 10.2 Å². The molecule has 0 amide bonds. The molecule has 3 nitrogen and oxygen atoms in total. The van der Waals surface area contributed by atoms with Gasteiger partial charge >= 0.3 is 10.1 Å². The van der Waals surface area contributed by atoms with Gasteiger partial charge in [-0.15, -0.1) is 34.8 Å². The summed E-state index contributed by atoms with van der Waals surface area (Å²) in [6.45, 7) is 0. The van der Waals surface area contributed by atoms with Crippen LogP contribution in [0.15, 0.2) is 0 Å². The Labute approximate surface area is 94.6 Å². The lowest BCUT2D eigenvalue weighted by Crippen LogP contribution is -2.39. The summed E-state index contributed by atoms with van der Waals surface area (Å²) < 4.78 is 26.8. The predicted octanol–water partition coefficient (Wildman–Crippen LogP) is 2.42. The summed E-state index contributed by atoms with van der Waals surface area (Å²) in [4.78, 5) is -1.32. The molecule has 0 aromatic heterocycles. The number of hydrogen-bond acceptors (Lipinski definition) is 2. The molecular formula is C3H3Cl5O3S. The standard InChI is InChI=1S/C3H3Cl5O3S/c4-1(2(5)6)3(7,8)12(9,10)11/h1-2H,(H,9,10,11). The second kappa shape index (κ2) is 4.26. The van der Waals surface area contributed by atoms with E-state index in [0.29, 0.717) is 0 Å². The molecule has 1 N–H and O–H groups in total. The van der Waals surface area contributed by atoms with Crippen molar-refractivity contribution in [2.75, 3.05) is 0 Å². The van der Waals surface area contributed by atoms with E-state index in [1.165, 1.54) is 0 Å². The molecule has 0 aromatic carbocycles. The van der Waals surface area contributed by atoms with E-state index in [9.17, 15) is 8.42 Å². The summed E-state index contributed by atoms with van der Waals surface area (Å²) in [5.41, 5.74) is 0. The third kappa shape index (κ3) is 2.94. The Morgan fingerprint density at radius 1 is 1.17 bits per heavy atom. The van der Waals surface area contributed by atoms with Crippen LogP contribution in [-0.4, -0.2) is 26.8 Å². The first-order valence-electron chi connectivity index (χ1n) is 2.37.